The van der Waals surface area contributed by atoms with Crippen molar-refractivity contribution in [3.05, 3.63) is 35.6 Å². The Hall–Kier alpha value is -1.64. The quantitative estimate of drug-likeness (QED) is 0.423. The van der Waals surface area contributed by atoms with E-state index in [9.17, 15) is 0 Å². The third-order valence-electron chi connectivity index (χ3n) is 1.50. The smallest absolute Gasteiger partial charge is 0.116 e. The van der Waals surface area contributed by atoms with E-state index in [-0.39, 0.29) is 0 Å². The summed E-state index contributed by atoms with van der Waals surface area (Å²) in [6, 6.07) is 0. The Bertz CT molecular complexity index is 263. The summed E-state index contributed by atoms with van der Waals surface area (Å²) in [5.74, 6) is 0. The van der Waals surface area contributed by atoms with Crippen LogP contribution in [0.25, 0.3) is 0 Å². The molecule has 2 N–H and O–H groups in total. The molecule has 0 fully saturated rings. The molecule has 0 saturated heterocycles. The zero-order valence-electron chi connectivity index (χ0n) is 9.87. The fourth-order valence-corrected chi connectivity index (χ4v) is 0.833. The number of aldehydes is 1. The molecule has 0 aliphatic carbocycles. The van der Waals surface area contributed by atoms with E-state index in [2.05, 4.69) is 5.32 Å². The van der Waals surface area contributed by atoms with Gasteiger partial charge in [0.25, 0.3) is 0 Å². The molecule has 3 nitrogen and oxygen atoms in total. The molecule has 3 heteroatoms. The lowest BCUT2D eigenvalue weighted by molar-refractivity contribution is -0.106. The minimum absolute atomic E-state index is 0.750. The lowest BCUT2D eigenvalue weighted by atomic mass is 10.2. The average Bonchev–Trinajstić information content (AvgIpc) is 2.25. The van der Waals surface area contributed by atoms with Crippen LogP contribution >= 0.6 is 0 Å². The van der Waals surface area contributed by atoms with Crippen LogP contribution in [0.2, 0.25) is 0 Å². The van der Waals surface area contributed by atoms with Gasteiger partial charge in [-0.2, -0.15) is 0 Å². The molecule has 0 amide bonds. The molecule has 0 aliphatic heterocycles. The van der Waals surface area contributed by atoms with Crippen LogP contribution in [0.15, 0.2) is 35.6 Å². The van der Waals surface area contributed by atoms with Crippen LogP contribution in [0.4, 0.5) is 0 Å². The zero-order valence-corrected chi connectivity index (χ0v) is 9.87. The van der Waals surface area contributed by atoms with Crippen LogP contribution in [0, 0.1) is 5.41 Å². The van der Waals surface area contributed by atoms with E-state index in [1.54, 1.807) is 0 Å². The summed E-state index contributed by atoms with van der Waals surface area (Å²) in [6.07, 6.45) is 9.83. The predicted molar refractivity (Wildman–Crippen MR) is 66.2 cm³/mol. The number of hydrogen-bond donors (Lipinski definition) is 2. The molecule has 0 unspecified atom stereocenters. The molecular weight excluding hydrogens is 188 g/mol. The number of hydrogen-bond acceptors (Lipinski definition) is 3. The van der Waals surface area contributed by atoms with E-state index in [1.165, 1.54) is 13.1 Å². The van der Waals surface area contributed by atoms with Crippen LogP contribution in [0.3, 0.4) is 0 Å². The Kier molecular flexibility index (Phi) is 13.0. The summed E-state index contributed by atoms with van der Waals surface area (Å²) in [5.41, 5.74) is 1.86. The van der Waals surface area contributed by atoms with Gasteiger partial charge < -0.3 is 15.5 Å². The summed E-state index contributed by atoms with van der Waals surface area (Å²) in [7, 11) is 1.85. The van der Waals surface area contributed by atoms with Gasteiger partial charge in [-0.1, -0.05) is 18.2 Å². The SMILES string of the molecule is CC=O.C\C=C/C=C(NC)\C(C=N)=C/C. The van der Waals surface area contributed by atoms with Crippen molar-refractivity contribution in [2.24, 2.45) is 0 Å². The summed E-state index contributed by atoms with van der Waals surface area (Å²) in [5, 5.41) is 10.2. The lowest BCUT2D eigenvalue weighted by Crippen LogP contribution is -2.08. The molecule has 0 atom stereocenters. The van der Waals surface area contributed by atoms with Gasteiger partial charge >= 0.3 is 0 Å². The molecule has 0 aliphatic rings. The van der Waals surface area contributed by atoms with E-state index in [1.807, 2.05) is 45.2 Å². The molecule has 0 aromatic rings. The van der Waals surface area contributed by atoms with E-state index in [4.69, 9.17) is 10.2 Å². The maximum Gasteiger partial charge on any atom is 0.116 e. The topological polar surface area (TPSA) is 53.0 Å². The fraction of sp³-hybridized carbons (Fsp3) is 0.333. The molecule has 0 aromatic heterocycles. The molecular formula is C12H20N2O. The number of likely N-dealkylation sites (N-methyl/N-ethyl adjacent to an activating group) is 1. The maximum absolute atomic E-state index is 8.81. The van der Waals surface area contributed by atoms with Gasteiger partial charge in [-0.25, -0.2) is 0 Å². The van der Waals surface area contributed by atoms with Gasteiger partial charge in [-0.3, -0.25) is 0 Å². The summed E-state index contributed by atoms with van der Waals surface area (Å²) >= 11 is 0. The zero-order chi connectivity index (χ0) is 12.1. The van der Waals surface area contributed by atoms with Gasteiger partial charge in [0.1, 0.15) is 6.29 Å². The third-order valence-corrected chi connectivity index (χ3v) is 1.50. The molecule has 15 heavy (non-hydrogen) atoms. The van der Waals surface area contributed by atoms with Crippen molar-refractivity contribution in [2.45, 2.75) is 20.8 Å². The summed E-state index contributed by atoms with van der Waals surface area (Å²) in [4.78, 5) is 8.81. The summed E-state index contributed by atoms with van der Waals surface area (Å²) in [6.45, 7) is 5.32. The van der Waals surface area contributed by atoms with Gasteiger partial charge in [0.2, 0.25) is 0 Å². The standard InChI is InChI=1S/C10H16N2.C2H4O/c1-4-6-7-10(12-3)9(5-2)8-11;1-2-3/h4-8,11-12H,1-3H3;2H,1H3/b6-4-,9-5-,10-7+,11-8?;. The molecule has 0 spiro atoms. The van der Waals surface area contributed by atoms with Gasteiger partial charge in [-0.05, 0) is 26.8 Å². The Balaban J connectivity index is 0. The Labute approximate surface area is 92.1 Å². The van der Waals surface area contributed by atoms with Crippen LogP contribution < -0.4 is 5.32 Å². The van der Waals surface area contributed by atoms with Gasteiger partial charge in [-0.15, -0.1) is 0 Å². The van der Waals surface area contributed by atoms with Gasteiger partial charge in [0.05, 0.1) is 0 Å². The molecule has 0 bridgehead atoms. The minimum atomic E-state index is 0.750. The van der Waals surface area contributed by atoms with E-state index in [0.29, 0.717) is 0 Å². The Morgan fingerprint density at radius 3 is 2.07 bits per heavy atom. The van der Waals surface area contributed by atoms with Gasteiger partial charge in [0, 0.05) is 24.5 Å². The highest BCUT2D eigenvalue weighted by Crippen LogP contribution is 2.02. The average molecular weight is 208 g/mol. The number of rotatable bonds is 4. The van der Waals surface area contributed by atoms with Crippen molar-refractivity contribution < 1.29 is 4.79 Å². The van der Waals surface area contributed by atoms with Crippen molar-refractivity contribution in [2.75, 3.05) is 7.05 Å². The molecule has 0 saturated carbocycles. The maximum atomic E-state index is 8.81. The van der Waals surface area contributed by atoms with E-state index < -0.39 is 0 Å². The number of allylic oxidation sites excluding steroid dienone is 5. The number of nitrogens with one attached hydrogen (secondary N) is 2. The first-order valence-electron chi connectivity index (χ1n) is 4.79. The number of carbonyl (C=O) groups is 1. The Morgan fingerprint density at radius 2 is 1.80 bits per heavy atom. The first-order chi connectivity index (χ1) is 7.21. The Morgan fingerprint density at radius 1 is 1.27 bits per heavy atom. The highest BCUT2D eigenvalue weighted by Gasteiger charge is 1.95. The minimum Gasteiger partial charge on any atom is -0.388 e. The van der Waals surface area contributed by atoms with Crippen molar-refractivity contribution in [3.63, 3.8) is 0 Å². The van der Waals surface area contributed by atoms with Crippen molar-refractivity contribution in [1.82, 2.24) is 5.32 Å². The van der Waals surface area contributed by atoms with Crippen LogP contribution in [0.5, 0.6) is 0 Å². The van der Waals surface area contributed by atoms with Crippen molar-refractivity contribution >= 4 is 12.5 Å². The highest BCUT2D eigenvalue weighted by molar-refractivity contribution is 5.81. The normalized spacial score (nSPS) is 11.7. The first kappa shape index (κ1) is 15.8. The molecule has 0 rings (SSSR count). The number of carbonyl (C=O) groups excluding carboxylic acids is 1. The van der Waals surface area contributed by atoms with Crippen molar-refractivity contribution in [1.29, 1.82) is 5.41 Å². The van der Waals surface area contributed by atoms with Gasteiger partial charge in [0.15, 0.2) is 0 Å². The fourth-order valence-electron chi connectivity index (χ4n) is 0.833. The van der Waals surface area contributed by atoms with E-state index >= 15 is 0 Å². The highest BCUT2D eigenvalue weighted by atomic mass is 16.1. The third kappa shape index (κ3) is 8.68. The predicted octanol–water partition coefficient (Wildman–Crippen LogP) is 2.47. The molecule has 0 radical (unpaired) electrons. The van der Waals surface area contributed by atoms with Crippen LogP contribution in [-0.4, -0.2) is 19.5 Å². The summed E-state index contributed by atoms with van der Waals surface area (Å²) < 4.78 is 0. The monoisotopic (exact) mass is 208 g/mol. The first-order valence-corrected chi connectivity index (χ1v) is 4.79. The largest absolute Gasteiger partial charge is 0.388 e. The molecule has 0 aromatic carbocycles. The molecule has 84 valence electrons. The lowest BCUT2D eigenvalue weighted by Gasteiger charge is -2.04. The second-order valence-electron chi connectivity index (χ2n) is 2.48. The second kappa shape index (κ2) is 12.4. The van der Waals surface area contributed by atoms with Crippen molar-refractivity contribution in [3.8, 4) is 0 Å². The van der Waals surface area contributed by atoms with Crippen LogP contribution in [-0.2, 0) is 4.79 Å². The second-order valence-corrected chi connectivity index (χ2v) is 2.48. The van der Waals surface area contributed by atoms with E-state index in [0.717, 1.165) is 17.6 Å². The van der Waals surface area contributed by atoms with Crippen LogP contribution in [0.1, 0.15) is 20.8 Å². The molecule has 0 heterocycles.